The summed E-state index contributed by atoms with van der Waals surface area (Å²) in [5.41, 5.74) is 0.624. The maximum Gasteiger partial charge on any atom is 0.317 e. The number of carbonyl (C=O) groups is 1. The van der Waals surface area contributed by atoms with Gasteiger partial charge in [0.1, 0.15) is 5.75 Å². The third-order valence-corrected chi connectivity index (χ3v) is 6.05. The molecule has 0 spiro atoms. The number of carboxylic acids is 1. The number of ether oxygens (including phenoxy) is 1. The van der Waals surface area contributed by atoms with Crippen molar-refractivity contribution in [1.82, 2.24) is 9.62 Å². The van der Waals surface area contributed by atoms with E-state index < -0.39 is 16.0 Å². The highest BCUT2D eigenvalue weighted by Crippen LogP contribution is 2.28. The molecule has 0 bridgehead atoms. The Labute approximate surface area is 142 Å². The van der Waals surface area contributed by atoms with Gasteiger partial charge in [0.05, 0.1) is 18.6 Å². The van der Waals surface area contributed by atoms with Gasteiger partial charge in [0.25, 0.3) is 0 Å². The van der Waals surface area contributed by atoms with E-state index in [-0.39, 0.29) is 23.5 Å². The van der Waals surface area contributed by atoms with E-state index >= 15 is 0 Å². The molecule has 24 heavy (non-hydrogen) atoms. The third kappa shape index (κ3) is 4.25. The number of sulfonamides is 1. The molecule has 0 atom stereocenters. The van der Waals surface area contributed by atoms with Crippen molar-refractivity contribution in [2.45, 2.75) is 43.7 Å². The van der Waals surface area contributed by atoms with Crippen LogP contribution in [0, 0.1) is 6.92 Å². The molecule has 1 aliphatic carbocycles. The van der Waals surface area contributed by atoms with Crippen molar-refractivity contribution >= 4 is 16.0 Å². The molecule has 2 rings (SSSR count). The molecule has 1 saturated carbocycles. The van der Waals surface area contributed by atoms with Crippen molar-refractivity contribution < 1.29 is 23.1 Å². The van der Waals surface area contributed by atoms with Crippen LogP contribution in [0.2, 0.25) is 0 Å². The van der Waals surface area contributed by atoms with Gasteiger partial charge >= 0.3 is 5.97 Å². The van der Waals surface area contributed by atoms with Gasteiger partial charge in [0.2, 0.25) is 10.0 Å². The van der Waals surface area contributed by atoms with Crippen LogP contribution in [0.5, 0.6) is 5.75 Å². The molecule has 0 aliphatic heterocycles. The van der Waals surface area contributed by atoms with Crippen LogP contribution in [0.3, 0.4) is 0 Å². The number of hydrogen-bond acceptors (Lipinski definition) is 5. The standard InChI is InChI=1S/C16H24N2O5S/c1-4-18(10-16(19)20)13-8-12(9-13)17-24(21,22)15-6-5-14(23-3)7-11(15)2/h5-7,12-13,17H,4,8-10H2,1-3H3,(H,19,20). The Kier molecular flexibility index (Phi) is 5.84. The molecule has 1 aromatic carbocycles. The number of likely N-dealkylation sites (N-methyl/N-ethyl adjacent to an activating group) is 1. The van der Waals surface area contributed by atoms with E-state index in [0.717, 1.165) is 0 Å². The van der Waals surface area contributed by atoms with Crippen LogP contribution in [0.15, 0.2) is 23.1 Å². The summed E-state index contributed by atoms with van der Waals surface area (Å²) in [5.74, 6) is -0.253. The van der Waals surface area contributed by atoms with Crippen LogP contribution in [0.1, 0.15) is 25.3 Å². The fraction of sp³-hybridized carbons (Fsp3) is 0.562. The fourth-order valence-corrected chi connectivity index (χ4v) is 4.48. The molecule has 1 aromatic rings. The Bertz CT molecular complexity index is 698. The minimum atomic E-state index is -3.60. The van der Waals surface area contributed by atoms with Gasteiger partial charge in [0.15, 0.2) is 0 Å². The predicted molar refractivity (Wildman–Crippen MR) is 89.7 cm³/mol. The Morgan fingerprint density at radius 1 is 1.42 bits per heavy atom. The number of aliphatic carboxylic acids is 1. The summed E-state index contributed by atoms with van der Waals surface area (Å²) in [5, 5.41) is 8.89. The summed E-state index contributed by atoms with van der Waals surface area (Å²) in [6.07, 6.45) is 1.24. The molecule has 7 nitrogen and oxygen atoms in total. The second-order valence-corrected chi connectivity index (χ2v) is 7.71. The molecule has 0 radical (unpaired) electrons. The van der Waals surface area contributed by atoms with Gasteiger partial charge in [-0.1, -0.05) is 6.92 Å². The Hall–Kier alpha value is -1.64. The van der Waals surface area contributed by atoms with E-state index in [4.69, 9.17) is 9.84 Å². The summed E-state index contributed by atoms with van der Waals surface area (Å²) in [4.78, 5) is 12.9. The molecule has 2 N–H and O–H groups in total. The summed E-state index contributed by atoms with van der Waals surface area (Å²) in [7, 11) is -2.06. The first-order chi connectivity index (χ1) is 11.3. The fourth-order valence-electron chi connectivity index (χ4n) is 2.99. The minimum Gasteiger partial charge on any atom is -0.497 e. The van der Waals surface area contributed by atoms with Crippen molar-refractivity contribution in [1.29, 1.82) is 0 Å². The van der Waals surface area contributed by atoms with Gasteiger partial charge in [-0.3, -0.25) is 9.69 Å². The largest absolute Gasteiger partial charge is 0.497 e. The molecular formula is C16H24N2O5S. The lowest BCUT2D eigenvalue weighted by Crippen LogP contribution is -2.54. The molecule has 1 fully saturated rings. The average Bonchev–Trinajstić information content (AvgIpc) is 2.47. The molecule has 0 heterocycles. The van der Waals surface area contributed by atoms with E-state index in [2.05, 4.69) is 4.72 Å². The maximum absolute atomic E-state index is 12.5. The molecule has 0 unspecified atom stereocenters. The highest BCUT2D eigenvalue weighted by molar-refractivity contribution is 7.89. The number of methoxy groups -OCH3 is 1. The molecule has 0 saturated heterocycles. The van der Waals surface area contributed by atoms with E-state index in [0.29, 0.717) is 30.7 Å². The van der Waals surface area contributed by atoms with Crippen LogP contribution < -0.4 is 9.46 Å². The number of carboxylic acid groups (broad SMARTS) is 1. The number of benzene rings is 1. The van der Waals surface area contributed by atoms with Crippen LogP contribution in [0.25, 0.3) is 0 Å². The van der Waals surface area contributed by atoms with E-state index in [1.54, 1.807) is 19.1 Å². The second kappa shape index (κ2) is 7.50. The lowest BCUT2D eigenvalue weighted by Gasteiger charge is -2.42. The zero-order valence-corrected chi connectivity index (χ0v) is 15.0. The highest BCUT2D eigenvalue weighted by Gasteiger charge is 2.36. The van der Waals surface area contributed by atoms with Crippen molar-refractivity contribution in [3.05, 3.63) is 23.8 Å². The third-order valence-electron chi connectivity index (χ3n) is 4.37. The van der Waals surface area contributed by atoms with Gasteiger partial charge in [-0.05, 0) is 50.1 Å². The number of aryl methyl sites for hydroxylation is 1. The maximum atomic E-state index is 12.5. The van der Waals surface area contributed by atoms with Crippen LogP contribution in [0.4, 0.5) is 0 Å². The topological polar surface area (TPSA) is 95.9 Å². The van der Waals surface area contributed by atoms with Gasteiger partial charge in [0, 0.05) is 12.1 Å². The van der Waals surface area contributed by atoms with Gasteiger partial charge in [-0.2, -0.15) is 0 Å². The molecule has 0 amide bonds. The first-order valence-corrected chi connectivity index (χ1v) is 9.38. The highest BCUT2D eigenvalue weighted by atomic mass is 32.2. The minimum absolute atomic E-state index is 0.0157. The number of rotatable bonds is 8. The van der Waals surface area contributed by atoms with Crippen molar-refractivity contribution in [3.63, 3.8) is 0 Å². The summed E-state index contributed by atoms with van der Waals surface area (Å²) in [6.45, 7) is 4.25. The van der Waals surface area contributed by atoms with Crippen LogP contribution >= 0.6 is 0 Å². The lowest BCUT2D eigenvalue weighted by molar-refractivity contribution is -0.139. The van der Waals surface area contributed by atoms with Crippen molar-refractivity contribution in [3.8, 4) is 5.75 Å². The summed E-state index contributed by atoms with van der Waals surface area (Å²) in [6, 6.07) is 4.79. The lowest BCUT2D eigenvalue weighted by atomic mass is 9.86. The van der Waals surface area contributed by atoms with Gasteiger partial charge in [-0.15, -0.1) is 0 Å². The Morgan fingerprint density at radius 2 is 2.08 bits per heavy atom. The first kappa shape index (κ1) is 18.7. The Morgan fingerprint density at radius 3 is 2.58 bits per heavy atom. The van der Waals surface area contributed by atoms with Crippen LogP contribution in [-0.4, -0.2) is 56.7 Å². The summed E-state index contributed by atoms with van der Waals surface area (Å²) < 4.78 is 32.8. The van der Waals surface area contributed by atoms with Gasteiger partial charge < -0.3 is 9.84 Å². The Balaban J connectivity index is 1.98. The monoisotopic (exact) mass is 356 g/mol. The molecule has 134 valence electrons. The van der Waals surface area contributed by atoms with E-state index in [1.165, 1.54) is 13.2 Å². The average molecular weight is 356 g/mol. The summed E-state index contributed by atoms with van der Waals surface area (Å²) >= 11 is 0. The number of hydrogen-bond donors (Lipinski definition) is 2. The second-order valence-electron chi connectivity index (χ2n) is 6.03. The quantitative estimate of drug-likeness (QED) is 0.727. The normalized spacial score (nSPS) is 20.7. The number of nitrogens with zero attached hydrogens (tertiary/aromatic N) is 1. The molecule has 1 aliphatic rings. The smallest absolute Gasteiger partial charge is 0.317 e. The van der Waals surface area contributed by atoms with Crippen molar-refractivity contribution in [2.75, 3.05) is 20.2 Å². The molecular weight excluding hydrogens is 332 g/mol. The number of nitrogens with one attached hydrogen (secondary N) is 1. The van der Waals surface area contributed by atoms with Crippen molar-refractivity contribution in [2.24, 2.45) is 0 Å². The first-order valence-electron chi connectivity index (χ1n) is 7.89. The zero-order valence-electron chi connectivity index (χ0n) is 14.2. The van der Waals surface area contributed by atoms with E-state index in [9.17, 15) is 13.2 Å². The van der Waals surface area contributed by atoms with Gasteiger partial charge in [-0.25, -0.2) is 13.1 Å². The van der Waals surface area contributed by atoms with E-state index in [1.807, 2.05) is 11.8 Å². The predicted octanol–water partition coefficient (Wildman–Crippen LogP) is 1.22. The molecule has 0 aromatic heterocycles. The van der Waals surface area contributed by atoms with Crippen LogP contribution in [-0.2, 0) is 14.8 Å². The SMILES string of the molecule is CCN(CC(=O)O)C1CC(NS(=O)(=O)c2ccc(OC)cc2C)C1. The zero-order chi connectivity index (χ0) is 17.9. The molecule has 8 heteroatoms.